The summed E-state index contributed by atoms with van der Waals surface area (Å²) in [5.41, 5.74) is 0.263. The SMILES string of the molecule is CC(Oc1ccccc1)C(=O)Nc1nc2c(F)cccc2s1. The number of carbonyl (C=O) groups excluding carboxylic acids is 1. The Morgan fingerprint density at radius 3 is 2.73 bits per heavy atom. The summed E-state index contributed by atoms with van der Waals surface area (Å²) in [4.78, 5) is 16.2. The summed E-state index contributed by atoms with van der Waals surface area (Å²) in [6.07, 6.45) is -0.681. The Kier molecular flexibility index (Phi) is 4.02. The van der Waals surface area contributed by atoms with E-state index in [1.165, 1.54) is 17.4 Å². The molecule has 4 nitrogen and oxygen atoms in total. The van der Waals surface area contributed by atoms with E-state index >= 15 is 0 Å². The standard InChI is InChI=1S/C16H13FN2O2S/c1-10(21-11-6-3-2-4-7-11)15(20)19-16-18-14-12(17)8-5-9-13(14)22-16/h2-10H,1H3,(H,18,19,20). The minimum absolute atomic E-state index is 0.263. The molecule has 3 aromatic rings. The van der Waals surface area contributed by atoms with Crippen molar-refractivity contribution in [2.45, 2.75) is 13.0 Å². The van der Waals surface area contributed by atoms with Crippen LogP contribution in [0, 0.1) is 5.82 Å². The number of amides is 1. The summed E-state index contributed by atoms with van der Waals surface area (Å²) in [6, 6.07) is 13.8. The highest BCUT2D eigenvalue weighted by atomic mass is 32.1. The van der Waals surface area contributed by atoms with Crippen molar-refractivity contribution in [1.82, 2.24) is 4.98 Å². The molecule has 1 atom stereocenters. The molecule has 0 aliphatic rings. The van der Waals surface area contributed by atoms with Gasteiger partial charge in [-0.2, -0.15) is 0 Å². The molecule has 1 N–H and O–H groups in total. The molecule has 1 heterocycles. The molecule has 0 aliphatic carbocycles. The highest BCUT2D eigenvalue weighted by molar-refractivity contribution is 7.22. The first-order chi connectivity index (χ1) is 10.6. The average Bonchev–Trinajstić information content (AvgIpc) is 2.92. The van der Waals surface area contributed by atoms with E-state index in [2.05, 4.69) is 10.3 Å². The van der Waals surface area contributed by atoms with Crippen LogP contribution in [0.4, 0.5) is 9.52 Å². The normalized spacial score (nSPS) is 12.1. The van der Waals surface area contributed by atoms with Gasteiger partial charge in [-0.15, -0.1) is 0 Å². The topological polar surface area (TPSA) is 51.2 Å². The molecule has 112 valence electrons. The number of hydrogen-bond donors (Lipinski definition) is 1. The van der Waals surface area contributed by atoms with Crippen LogP contribution in [0.3, 0.4) is 0 Å². The summed E-state index contributed by atoms with van der Waals surface area (Å²) in [5.74, 6) is -0.119. The Balaban J connectivity index is 1.71. The zero-order valence-corrected chi connectivity index (χ0v) is 12.6. The van der Waals surface area contributed by atoms with Crippen molar-refractivity contribution in [1.29, 1.82) is 0 Å². The van der Waals surface area contributed by atoms with Crippen LogP contribution in [0.2, 0.25) is 0 Å². The van der Waals surface area contributed by atoms with Crippen LogP contribution in [-0.4, -0.2) is 17.0 Å². The molecule has 0 bridgehead atoms. The Labute approximate surface area is 130 Å². The van der Waals surface area contributed by atoms with Gasteiger partial charge in [0.05, 0.1) is 4.70 Å². The first-order valence-corrected chi connectivity index (χ1v) is 7.53. The monoisotopic (exact) mass is 316 g/mol. The van der Waals surface area contributed by atoms with Gasteiger partial charge in [0.15, 0.2) is 11.2 Å². The molecule has 3 rings (SSSR count). The van der Waals surface area contributed by atoms with Crippen LogP contribution in [0.25, 0.3) is 10.2 Å². The molecule has 1 aromatic heterocycles. The zero-order valence-electron chi connectivity index (χ0n) is 11.7. The Morgan fingerprint density at radius 2 is 2.00 bits per heavy atom. The van der Waals surface area contributed by atoms with E-state index in [-0.39, 0.29) is 11.4 Å². The number of carbonyl (C=O) groups is 1. The van der Waals surface area contributed by atoms with Crippen LogP contribution < -0.4 is 10.1 Å². The van der Waals surface area contributed by atoms with Gasteiger partial charge in [0, 0.05) is 0 Å². The fraction of sp³-hybridized carbons (Fsp3) is 0.125. The molecule has 0 aliphatic heterocycles. The number of hydrogen-bond acceptors (Lipinski definition) is 4. The first-order valence-electron chi connectivity index (χ1n) is 6.71. The second-order valence-corrected chi connectivity index (χ2v) is 5.70. The van der Waals surface area contributed by atoms with Crippen molar-refractivity contribution < 1.29 is 13.9 Å². The molecule has 0 saturated heterocycles. The molecule has 1 unspecified atom stereocenters. The lowest BCUT2D eigenvalue weighted by atomic mass is 10.3. The number of thiazole rings is 1. The van der Waals surface area contributed by atoms with Gasteiger partial charge in [-0.25, -0.2) is 9.37 Å². The fourth-order valence-electron chi connectivity index (χ4n) is 1.93. The van der Waals surface area contributed by atoms with Crippen molar-refractivity contribution in [3.05, 3.63) is 54.3 Å². The lowest BCUT2D eigenvalue weighted by Crippen LogP contribution is -2.30. The number of rotatable bonds is 4. The van der Waals surface area contributed by atoms with Crippen LogP contribution in [0.15, 0.2) is 48.5 Å². The molecule has 6 heteroatoms. The van der Waals surface area contributed by atoms with Gasteiger partial charge in [0.25, 0.3) is 5.91 Å². The van der Waals surface area contributed by atoms with E-state index in [0.717, 1.165) is 0 Å². The number of para-hydroxylation sites is 2. The van der Waals surface area contributed by atoms with Crippen molar-refractivity contribution >= 4 is 32.6 Å². The third-order valence-electron chi connectivity index (χ3n) is 3.03. The summed E-state index contributed by atoms with van der Waals surface area (Å²) in [5, 5.41) is 3.01. The van der Waals surface area contributed by atoms with E-state index in [9.17, 15) is 9.18 Å². The van der Waals surface area contributed by atoms with E-state index in [4.69, 9.17) is 4.74 Å². The van der Waals surface area contributed by atoms with E-state index < -0.39 is 11.9 Å². The molecule has 0 fully saturated rings. The van der Waals surface area contributed by atoms with Gasteiger partial charge in [-0.1, -0.05) is 35.6 Å². The Hall–Kier alpha value is -2.47. The third kappa shape index (κ3) is 3.07. The molecular weight excluding hydrogens is 303 g/mol. The number of nitrogens with zero attached hydrogens (tertiary/aromatic N) is 1. The quantitative estimate of drug-likeness (QED) is 0.795. The molecule has 0 saturated carbocycles. The second-order valence-electron chi connectivity index (χ2n) is 4.67. The maximum atomic E-state index is 13.6. The number of fused-ring (bicyclic) bond motifs is 1. The number of ether oxygens (including phenoxy) is 1. The maximum Gasteiger partial charge on any atom is 0.266 e. The summed E-state index contributed by atoms with van der Waals surface area (Å²) in [6.45, 7) is 1.65. The van der Waals surface area contributed by atoms with Crippen molar-refractivity contribution in [2.75, 3.05) is 5.32 Å². The smallest absolute Gasteiger partial charge is 0.266 e. The Bertz CT molecular complexity index is 804. The summed E-state index contributed by atoms with van der Waals surface area (Å²) >= 11 is 1.22. The van der Waals surface area contributed by atoms with E-state index in [0.29, 0.717) is 15.6 Å². The minimum atomic E-state index is -0.681. The minimum Gasteiger partial charge on any atom is -0.481 e. The third-order valence-corrected chi connectivity index (χ3v) is 3.96. The number of aromatic nitrogens is 1. The predicted molar refractivity (Wildman–Crippen MR) is 84.7 cm³/mol. The molecule has 22 heavy (non-hydrogen) atoms. The van der Waals surface area contributed by atoms with Crippen molar-refractivity contribution in [3.8, 4) is 5.75 Å². The Morgan fingerprint density at radius 1 is 1.23 bits per heavy atom. The summed E-state index contributed by atoms with van der Waals surface area (Å²) < 4.78 is 19.8. The maximum absolute atomic E-state index is 13.6. The van der Waals surface area contributed by atoms with Crippen molar-refractivity contribution in [2.24, 2.45) is 0 Å². The van der Waals surface area contributed by atoms with Gasteiger partial charge < -0.3 is 4.74 Å². The van der Waals surface area contributed by atoms with Gasteiger partial charge in [-0.3, -0.25) is 10.1 Å². The van der Waals surface area contributed by atoms with Crippen LogP contribution >= 0.6 is 11.3 Å². The number of nitrogens with one attached hydrogen (secondary N) is 1. The predicted octanol–water partition coefficient (Wildman–Crippen LogP) is 3.84. The van der Waals surface area contributed by atoms with Gasteiger partial charge in [-0.05, 0) is 31.2 Å². The van der Waals surface area contributed by atoms with Crippen LogP contribution in [-0.2, 0) is 4.79 Å². The van der Waals surface area contributed by atoms with Crippen molar-refractivity contribution in [3.63, 3.8) is 0 Å². The van der Waals surface area contributed by atoms with Crippen LogP contribution in [0.5, 0.6) is 5.75 Å². The molecule has 0 spiro atoms. The van der Waals surface area contributed by atoms with E-state index in [1.807, 2.05) is 18.2 Å². The highest BCUT2D eigenvalue weighted by Gasteiger charge is 2.17. The fourth-order valence-corrected chi connectivity index (χ4v) is 2.82. The number of halogens is 1. The van der Waals surface area contributed by atoms with Gasteiger partial charge in [0.2, 0.25) is 0 Å². The average molecular weight is 316 g/mol. The number of benzene rings is 2. The lowest BCUT2D eigenvalue weighted by molar-refractivity contribution is -0.122. The van der Waals surface area contributed by atoms with E-state index in [1.54, 1.807) is 31.2 Å². The first kappa shape index (κ1) is 14.5. The van der Waals surface area contributed by atoms with Crippen LogP contribution in [0.1, 0.15) is 6.92 Å². The largest absolute Gasteiger partial charge is 0.481 e. The molecule has 2 aromatic carbocycles. The second kappa shape index (κ2) is 6.11. The molecule has 0 radical (unpaired) electrons. The van der Waals surface area contributed by atoms with Gasteiger partial charge in [0.1, 0.15) is 17.1 Å². The highest BCUT2D eigenvalue weighted by Crippen LogP contribution is 2.27. The zero-order chi connectivity index (χ0) is 15.5. The molecule has 1 amide bonds. The summed E-state index contributed by atoms with van der Waals surface area (Å²) in [7, 11) is 0. The molecular formula is C16H13FN2O2S. The van der Waals surface area contributed by atoms with Gasteiger partial charge >= 0.3 is 0 Å². The lowest BCUT2D eigenvalue weighted by Gasteiger charge is -2.13. The number of anilines is 1.